The number of hydrogen-bond acceptors (Lipinski definition) is 3. The maximum atomic E-state index is 13.1. The molecule has 0 aromatic heterocycles. The van der Waals surface area contributed by atoms with Gasteiger partial charge in [0.25, 0.3) is 0 Å². The summed E-state index contributed by atoms with van der Waals surface area (Å²) in [6.07, 6.45) is -0.583. The van der Waals surface area contributed by atoms with Crippen molar-refractivity contribution in [3.05, 3.63) is 71.3 Å². The molecule has 5 heteroatoms. The molecule has 0 aliphatic heterocycles. The number of nitrogens with zero attached hydrogens (tertiary/aromatic N) is 1. The largest absolute Gasteiger partial charge is 0.389 e. The molecular weight excluding hydrogens is 324 g/mol. The summed E-state index contributed by atoms with van der Waals surface area (Å²) in [5, 5.41) is 10.2. The lowest BCUT2D eigenvalue weighted by molar-refractivity contribution is -0.0106. The molecule has 0 aliphatic carbocycles. The van der Waals surface area contributed by atoms with Crippen molar-refractivity contribution in [3.63, 3.8) is 0 Å². The van der Waals surface area contributed by atoms with Crippen molar-refractivity contribution < 1.29 is 18.6 Å². The molecule has 0 spiro atoms. The van der Waals surface area contributed by atoms with Gasteiger partial charge < -0.3 is 9.84 Å². The third kappa shape index (κ3) is 7.30. The van der Waals surface area contributed by atoms with Gasteiger partial charge >= 0.3 is 0 Å². The maximum Gasteiger partial charge on any atom is 0.123 e. The highest BCUT2D eigenvalue weighted by molar-refractivity contribution is 5.18. The van der Waals surface area contributed by atoms with Gasteiger partial charge in [0.15, 0.2) is 0 Å². The zero-order valence-corrected chi connectivity index (χ0v) is 14.7. The molecule has 0 unspecified atom stereocenters. The van der Waals surface area contributed by atoms with Crippen LogP contribution in [0.25, 0.3) is 0 Å². The minimum absolute atomic E-state index is 0.0531. The Morgan fingerprint density at radius 2 is 1.32 bits per heavy atom. The first-order valence-electron chi connectivity index (χ1n) is 8.43. The van der Waals surface area contributed by atoms with Gasteiger partial charge in [0.05, 0.1) is 18.8 Å². The molecule has 3 nitrogen and oxygen atoms in total. The lowest BCUT2D eigenvalue weighted by Crippen LogP contribution is -2.34. The average Bonchev–Trinajstić information content (AvgIpc) is 2.57. The average molecular weight is 349 g/mol. The topological polar surface area (TPSA) is 32.7 Å². The first-order chi connectivity index (χ1) is 11.9. The van der Waals surface area contributed by atoms with Gasteiger partial charge in [-0.15, -0.1) is 0 Å². The van der Waals surface area contributed by atoms with Gasteiger partial charge in [-0.25, -0.2) is 8.78 Å². The van der Waals surface area contributed by atoms with Crippen molar-refractivity contribution in [1.82, 2.24) is 4.90 Å². The zero-order valence-electron chi connectivity index (χ0n) is 14.7. The van der Waals surface area contributed by atoms with Crippen LogP contribution >= 0.6 is 0 Å². The van der Waals surface area contributed by atoms with E-state index in [0.29, 0.717) is 19.6 Å². The minimum atomic E-state index is -0.636. The van der Waals surface area contributed by atoms with E-state index in [4.69, 9.17) is 4.74 Å². The molecular formula is C20H25F2NO2. The summed E-state index contributed by atoms with van der Waals surface area (Å²) in [7, 11) is 0. The smallest absolute Gasteiger partial charge is 0.123 e. The second-order valence-corrected chi connectivity index (χ2v) is 6.46. The summed E-state index contributed by atoms with van der Waals surface area (Å²) >= 11 is 0. The van der Waals surface area contributed by atoms with Gasteiger partial charge in [-0.2, -0.15) is 0 Å². The van der Waals surface area contributed by atoms with Crippen LogP contribution in [0.1, 0.15) is 25.0 Å². The van der Waals surface area contributed by atoms with Gasteiger partial charge in [0.2, 0.25) is 0 Å². The second kappa shape index (κ2) is 9.61. The van der Waals surface area contributed by atoms with Gasteiger partial charge in [0, 0.05) is 19.6 Å². The van der Waals surface area contributed by atoms with E-state index < -0.39 is 6.10 Å². The number of rotatable bonds is 9. The molecule has 1 N–H and O–H groups in total. The van der Waals surface area contributed by atoms with Crippen molar-refractivity contribution in [2.75, 3.05) is 13.2 Å². The fraction of sp³-hybridized carbons (Fsp3) is 0.400. The number of benzene rings is 2. The molecule has 0 amide bonds. The van der Waals surface area contributed by atoms with Crippen molar-refractivity contribution in [1.29, 1.82) is 0 Å². The van der Waals surface area contributed by atoms with Crippen LogP contribution in [0, 0.1) is 11.6 Å². The highest BCUT2D eigenvalue weighted by Gasteiger charge is 2.14. The fourth-order valence-electron chi connectivity index (χ4n) is 2.54. The van der Waals surface area contributed by atoms with Crippen LogP contribution in [-0.2, 0) is 17.8 Å². The highest BCUT2D eigenvalue weighted by atomic mass is 19.1. The first-order valence-corrected chi connectivity index (χ1v) is 8.43. The van der Waals surface area contributed by atoms with Crippen LogP contribution in [0.2, 0.25) is 0 Å². The Morgan fingerprint density at radius 1 is 0.880 bits per heavy atom. The summed E-state index contributed by atoms with van der Waals surface area (Å²) in [6.45, 7) is 5.60. The van der Waals surface area contributed by atoms with E-state index >= 15 is 0 Å². The molecule has 0 fully saturated rings. The van der Waals surface area contributed by atoms with E-state index in [-0.39, 0.29) is 24.3 Å². The standard InChI is InChI=1S/C20H25F2NO2/c1-15(2)25-14-20(24)13-23(11-16-3-7-18(21)8-4-16)12-17-5-9-19(22)10-6-17/h3-10,15,20,24H,11-14H2,1-2H3/t20-/m1/s1. The van der Waals surface area contributed by atoms with Crippen molar-refractivity contribution in [3.8, 4) is 0 Å². The van der Waals surface area contributed by atoms with E-state index in [0.717, 1.165) is 11.1 Å². The Hall–Kier alpha value is -1.82. The monoisotopic (exact) mass is 349 g/mol. The summed E-state index contributed by atoms with van der Waals surface area (Å²) in [5.74, 6) is -0.557. The molecule has 0 saturated heterocycles. The van der Waals surface area contributed by atoms with Crippen LogP contribution in [0.5, 0.6) is 0 Å². The van der Waals surface area contributed by atoms with Crippen molar-refractivity contribution in [2.24, 2.45) is 0 Å². The lowest BCUT2D eigenvalue weighted by atomic mass is 10.1. The normalized spacial score (nSPS) is 12.8. The summed E-state index contributed by atoms with van der Waals surface area (Å²) in [4.78, 5) is 2.04. The Morgan fingerprint density at radius 3 is 1.72 bits per heavy atom. The van der Waals surface area contributed by atoms with Crippen molar-refractivity contribution in [2.45, 2.75) is 39.1 Å². The van der Waals surface area contributed by atoms with Gasteiger partial charge in [-0.3, -0.25) is 4.90 Å². The van der Waals surface area contributed by atoms with Crippen molar-refractivity contribution >= 4 is 0 Å². The van der Waals surface area contributed by atoms with Gasteiger partial charge in [-0.1, -0.05) is 24.3 Å². The molecule has 2 rings (SSSR count). The number of halogens is 2. The highest BCUT2D eigenvalue weighted by Crippen LogP contribution is 2.13. The summed E-state index contributed by atoms with van der Waals surface area (Å²) in [5.41, 5.74) is 1.89. The molecule has 0 radical (unpaired) electrons. The predicted octanol–water partition coefficient (Wildman–Crippen LogP) is 3.75. The van der Waals surface area contributed by atoms with E-state index in [2.05, 4.69) is 0 Å². The fourth-order valence-corrected chi connectivity index (χ4v) is 2.54. The molecule has 2 aromatic carbocycles. The molecule has 25 heavy (non-hydrogen) atoms. The zero-order chi connectivity index (χ0) is 18.2. The van der Waals surface area contributed by atoms with E-state index in [1.165, 1.54) is 24.3 Å². The summed E-state index contributed by atoms with van der Waals surface area (Å²) < 4.78 is 31.6. The molecule has 0 heterocycles. The third-order valence-corrected chi connectivity index (χ3v) is 3.73. The van der Waals surface area contributed by atoms with Gasteiger partial charge in [-0.05, 0) is 49.2 Å². The molecule has 0 saturated carbocycles. The Labute approximate surface area is 147 Å². The SMILES string of the molecule is CC(C)OC[C@H](O)CN(Cc1ccc(F)cc1)Cc1ccc(F)cc1. The maximum absolute atomic E-state index is 13.1. The molecule has 1 atom stereocenters. The van der Waals surface area contributed by atoms with Crippen LogP contribution in [-0.4, -0.2) is 35.4 Å². The molecule has 136 valence electrons. The molecule has 2 aromatic rings. The number of aliphatic hydroxyl groups excluding tert-OH is 1. The number of ether oxygens (including phenoxy) is 1. The number of aliphatic hydroxyl groups is 1. The van der Waals surface area contributed by atoms with Crippen LogP contribution < -0.4 is 0 Å². The molecule has 0 aliphatic rings. The lowest BCUT2D eigenvalue weighted by Gasteiger charge is -2.26. The van der Waals surface area contributed by atoms with Crippen LogP contribution in [0.4, 0.5) is 8.78 Å². The predicted molar refractivity (Wildman–Crippen MR) is 94.0 cm³/mol. The van der Waals surface area contributed by atoms with Crippen LogP contribution in [0.3, 0.4) is 0 Å². The third-order valence-electron chi connectivity index (χ3n) is 3.73. The van der Waals surface area contributed by atoms with Gasteiger partial charge in [0.1, 0.15) is 11.6 Å². The van der Waals surface area contributed by atoms with Crippen LogP contribution in [0.15, 0.2) is 48.5 Å². The Kier molecular flexibility index (Phi) is 7.50. The minimum Gasteiger partial charge on any atom is -0.389 e. The second-order valence-electron chi connectivity index (χ2n) is 6.46. The number of hydrogen-bond donors (Lipinski definition) is 1. The van der Waals surface area contributed by atoms with E-state index in [1.54, 1.807) is 24.3 Å². The Balaban J connectivity index is 2.03. The first kappa shape index (κ1) is 19.5. The molecule has 0 bridgehead atoms. The Bertz CT molecular complexity index is 582. The summed E-state index contributed by atoms with van der Waals surface area (Å²) in [6, 6.07) is 12.6. The van der Waals surface area contributed by atoms with E-state index in [1.807, 2.05) is 18.7 Å². The van der Waals surface area contributed by atoms with E-state index in [9.17, 15) is 13.9 Å². The quantitative estimate of drug-likeness (QED) is 0.748.